The molecule has 1 aliphatic rings. The zero-order chi connectivity index (χ0) is 22.0. The van der Waals surface area contributed by atoms with Crippen LogP contribution in [0, 0.1) is 6.92 Å². The second-order valence-electron chi connectivity index (χ2n) is 6.87. The minimum atomic E-state index is -0.514. The Morgan fingerprint density at radius 1 is 0.903 bits per heavy atom. The van der Waals surface area contributed by atoms with Crippen LogP contribution in [-0.4, -0.2) is 26.0 Å². The van der Waals surface area contributed by atoms with Gasteiger partial charge in [-0.15, -0.1) is 0 Å². The van der Waals surface area contributed by atoms with E-state index in [0.717, 1.165) is 5.56 Å². The number of esters is 1. The lowest BCUT2D eigenvalue weighted by Crippen LogP contribution is -2.09. The molecule has 3 aromatic carbocycles. The number of benzene rings is 3. The molecule has 0 aromatic heterocycles. The molecule has 0 bridgehead atoms. The van der Waals surface area contributed by atoms with Crippen LogP contribution in [0.25, 0.3) is 6.08 Å². The lowest BCUT2D eigenvalue weighted by molar-refractivity contribution is 0.0733. The highest BCUT2D eigenvalue weighted by molar-refractivity contribution is 6.15. The smallest absolute Gasteiger partial charge is 0.343 e. The first-order chi connectivity index (χ1) is 15.0. The maximum atomic E-state index is 12.8. The van der Waals surface area contributed by atoms with Crippen LogP contribution in [0.2, 0.25) is 0 Å². The monoisotopic (exact) mass is 416 g/mol. The number of hydrogen-bond acceptors (Lipinski definition) is 6. The van der Waals surface area contributed by atoms with Gasteiger partial charge in [-0.3, -0.25) is 4.79 Å². The molecule has 4 rings (SSSR count). The number of ketones is 1. The Morgan fingerprint density at radius 3 is 2.35 bits per heavy atom. The second-order valence-corrected chi connectivity index (χ2v) is 6.87. The molecule has 0 unspecified atom stereocenters. The van der Waals surface area contributed by atoms with Crippen LogP contribution in [0.3, 0.4) is 0 Å². The summed E-state index contributed by atoms with van der Waals surface area (Å²) in [5.74, 6) is 1.41. The highest BCUT2D eigenvalue weighted by Gasteiger charge is 2.31. The van der Waals surface area contributed by atoms with Gasteiger partial charge in [0.05, 0.1) is 25.3 Å². The van der Waals surface area contributed by atoms with Crippen molar-refractivity contribution in [2.75, 3.05) is 14.2 Å². The summed E-state index contributed by atoms with van der Waals surface area (Å²) in [6.45, 7) is 1.74. The summed E-state index contributed by atoms with van der Waals surface area (Å²) in [6, 6.07) is 17.2. The summed E-state index contributed by atoms with van der Waals surface area (Å²) in [4.78, 5) is 25.3. The van der Waals surface area contributed by atoms with Crippen LogP contribution in [0.15, 0.2) is 66.4 Å². The minimum Gasteiger partial charge on any atom is -0.497 e. The molecule has 0 aliphatic carbocycles. The van der Waals surface area contributed by atoms with E-state index in [-0.39, 0.29) is 11.5 Å². The number of carbonyl (C=O) groups excluding carboxylic acids is 2. The molecule has 0 fully saturated rings. The first kappa shape index (κ1) is 20.2. The standard InChI is InChI=1S/C25H20O6/c1-15-20(31-25(27)16-8-10-18(28-2)11-9-16)13-12-19-23(26)22(30-24(15)19)14-17-6-4-5-7-21(17)29-3/h4-14H,1-3H3/b22-14-. The number of Topliss-reactive ketones (excluding diaryl/α,β-unsaturated/α-hetero) is 1. The van der Waals surface area contributed by atoms with E-state index in [1.807, 2.05) is 18.2 Å². The minimum absolute atomic E-state index is 0.182. The van der Waals surface area contributed by atoms with Crippen molar-refractivity contribution in [3.05, 3.63) is 88.7 Å². The summed E-state index contributed by atoms with van der Waals surface area (Å²) < 4.78 is 21.8. The molecule has 31 heavy (non-hydrogen) atoms. The third kappa shape index (κ3) is 3.88. The fourth-order valence-corrected chi connectivity index (χ4v) is 3.29. The van der Waals surface area contributed by atoms with Crippen molar-refractivity contribution in [1.29, 1.82) is 0 Å². The van der Waals surface area contributed by atoms with Crippen molar-refractivity contribution in [1.82, 2.24) is 0 Å². The van der Waals surface area contributed by atoms with Crippen molar-refractivity contribution in [2.45, 2.75) is 6.92 Å². The molecular formula is C25H20O6. The summed E-state index contributed by atoms with van der Waals surface area (Å²) in [6.07, 6.45) is 1.64. The van der Waals surface area contributed by atoms with Gasteiger partial charge < -0.3 is 18.9 Å². The molecular weight excluding hydrogens is 396 g/mol. The zero-order valence-corrected chi connectivity index (χ0v) is 17.3. The van der Waals surface area contributed by atoms with Gasteiger partial charge in [0.1, 0.15) is 23.0 Å². The number of carbonyl (C=O) groups is 2. The van der Waals surface area contributed by atoms with Crippen molar-refractivity contribution in [2.24, 2.45) is 0 Å². The van der Waals surface area contributed by atoms with E-state index < -0.39 is 5.97 Å². The Labute approximate surface area is 179 Å². The number of ether oxygens (including phenoxy) is 4. The van der Waals surface area contributed by atoms with Gasteiger partial charge in [-0.2, -0.15) is 0 Å². The van der Waals surface area contributed by atoms with Gasteiger partial charge in [0.15, 0.2) is 5.76 Å². The Balaban J connectivity index is 1.60. The molecule has 1 aliphatic heterocycles. The Bertz CT molecular complexity index is 1190. The normalized spacial score (nSPS) is 13.5. The first-order valence-electron chi connectivity index (χ1n) is 9.59. The van der Waals surface area contributed by atoms with E-state index in [2.05, 4.69) is 0 Å². The van der Waals surface area contributed by atoms with Crippen LogP contribution in [-0.2, 0) is 0 Å². The fraction of sp³-hybridized carbons (Fsp3) is 0.120. The van der Waals surface area contributed by atoms with E-state index in [1.165, 1.54) is 0 Å². The molecule has 0 spiro atoms. The number of methoxy groups -OCH3 is 2. The molecule has 0 amide bonds. The van der Waals surface area contributed by atoms with E-state index in [0.29, 0.717) is 39.7 Å². The third-order valence-corrected chi connectivity index (χ3v) is 4.99. The molecule has 156 valence electrons. The van der Waals surface area contributed by atoms with Crippen LogP contribution in [0.4, 0.5) is 0 Å². The van der Waals surface area contributed by atoms with Crippen molar-refractivity contribution >= 4 is 17.8 Å². The van der Waals surface area contributed by atoms with E-state index >= 15 is 0 Å². The molecule has 1 heterocycles. The van der Waals surface area contributed by atoms with Gasteiger partial charge in [-0.1, -0.05) is 18.2 Å². The van der Waals surface area contributed by atoms with Crippen LogP contribution in [0.1, 0.15) is 31.8 Å². The maximum Gasteiger partial charge on any atom is 0.343 e. The zero-order valence-electron chi connectivity index (χ0n) is 17.3. The summed E-state index contributed by atoms with van der Waals surface area (Å²) >= 11 is 0. The summed E-state index contributed by atoms with van der Waals surface area (Å²) in [5, 5.41) is 0. The van der Waals surface area contributed by atoms with Gasteiger partial charge in [-0.05, 0) is 55.5 Å². The van der Waals surface area contributed by atoms with Gasteiger partial charge in [-0.25, -0.2) is 4.79 Å². The number of para-hydroxylation sites is 1. The summed E-state index contributed by atoms with van der Waals surface area (Å²) in [5.41, 5.74) is 2.10. The molecule has 6 nitrogen and oxygen atoms in total. The van der Waals surface area contributed by atoms with Crippen LogP contribution in [0.5, 0.6) is 23.0 Å². The number of rotatable bonds is 5. The first-order valence-corrected chi connectivity index (χ1v) is 9.59. The average Bonchev–Trinajstić information content (AvgIpc) is 3.12. The molecule has 6 heteroatoms. The van der Waals surface area contributed by atoms with Crippen LogP contribution >= 0.6 is 0 Å². The number of hydrogen-bond donors (Lipinski definition) is 0. The molecule has 0 atom stereocenters. The van der Waals surface area contributed by atoms with Gasteiger partial charge in [0.2, 0.25) is 5.78 Å². The highest BCUT2D eigenvalue weighted by atomic mass is 16.5. The average molecular weight is 416 g/mol. The van der Waals surface area contributed by atoms with Gasteiger partial charge in [0, 0.05) is 11.1 Å². The quantitative estimate of drug-likeness (QED) is 0.336. The lowest BCUT2D eigenvalue weighted by Gasteiger charge is -2.10. The Hall–Kier alpha value is -4.06. The topological polar surface area (TPSA) is 71.1 Å². The van der Waals surface area contributed by atoms with E-state index in [1.54, 1.807) is 69.7 Å². The maximum absolute atomic E-state index is 12.8. The van der Waals surface area contributed by atoms with E-state index in [4.69, 9.17) is 18.9 Å². The van der Waals surface area contributed by atoms with Gasteiger partial charge in [0.25, 0.3) is 0 Å². The second kappa shape index (κ2) is 8.36. The predicted molar refractivity (Wildman–Crippen MR) is 115 cm³/mol. The highest BCUT2D eigenvalue weighted by Crippen LogP contribution is 2.40. The Kier molecular flexibility index (Phi) is 5.45. The van der Waals surface area contributed by atoms with Crippen LogP contribution < -0.4 is 18.9 Å². The lowest BCUT2D eigenvalue weighted by atomic mass is 10.1. The fourth-order valence-electron chi connectivity index (χ4n) is 3.29. The van der Waals surface area contributed by atoms with Crippen molar-refractivity contribution in [3.63, 3.8) is 0 Å². The SMILES string of the molecule is COc1ccc(C(=O)Oc2ccc3c(c2C)O/C(=C\c2ccccc2OC)C3=O)cc1. The molecule has 0 radical (unpaired) electrons. The van der Waals surface area contributed by atoms with Gasteiger partial charge >= 0.3 is 5.97 Å². The molecule has 0 saturated carbocycles. The van der Waals surface area contributed by atoms with E-state index in [9.17, 15) is 9.59 Å². The molecule has 3 aromatic rings. The number of fused-ring (bicyclic) bond motifs is 1. The predicted octanol–water partition coefficient (Wildman–Crippen LogP) is 4.85. The largest absolute Gasteiger partial charge is 0.497 e. The molecule has 0 saturated heterocycles. The molecule has 0 N–H and O–H groups in total. The third-order valence-electron chi connectivity index (χ3n) is 4.99. The number of allylic oxidation sites excluding steroid dienone is 1. The summed E-state index contributed by atoms with van der Waals surface area (Å²) in [7, 11) is 3.12. The Morgan fingerprint density at radius 2 is 1.65 bits per heavy atom. The van der Waals surface area contributed by atoms with Crippen molar-refractivity contribution < 1.29 is 28.5 Å². The van der Waals surface area contributed by atoms with Crippen molar-refractivity contribution in [3.8, 4) is 23.0 Å².